The van der Waals surface area contributed by atoms with Crippen LogP contribution in [-0.2, 0) is 18.3 Å². The number of pyridine rings is 1. The van der Waals surface area contributed by atoms with E-state index in [-0.39, 0.29) is 29.4 Å². The fourth-order valence-corrected chi connectivity index (χ4v) is 7.13. The van der Waals surface area contributed by atoms with Gasteiger partial charge in [-0.2, -0.15) is 5.26 Å². The number of aromatic nitrogens is 2. The zero-order valence-electron chi connectivity index (χ0n) is 22.0. The molecule has 2 atom stereocenters. The van der Waals surface area contributed by atoms with Gasteiger partial charge in [-0.15, -0.1) is 17.7 Å². The maximum Gasteiger partial charge on any atom is 0.318 e. The number of unbranched alkanes of at least 4 members (excludes halogenated alkanes) is 5. The summed E-state index contributed by atoms with van der Waals surface area (Å²) in [6.07, 6.45) is 8.25. The Morgan fingerprint density at radius 2 is 1.97 bits per heavy atom. The van der Waals surface area contributed by atoms with Gasteiger partial charge < -0.3 is 14.6 Å². The molecule has 0 bridgehead atoms. The number of rotatable bonds is 9. The third-order valence-electron chi connectivity index (χ3n) is 8.15. The van der Waals surface area contributed by atoms with Gasteiger partial charge in [0.25, 0.3) is 11.8 Å². The third kappa shape index (κ3) is 5.63. The lowest BCUT2D eigenvalue weighted by molar-refractivity contribution is -0.136. The number of nitrogens with zero attached hydrogens (tertiary/aromatic N) is 4. The summed E-state index contributed by atoms with van der Waals surface area (Å²) < 4.78 is 27.3. The number of thioether (sulfide) groups is 1. The fraction of sp³-hybridized carbons (Fsp3) is 0.586. The van der Waals surface area contributed by atoms with Crippen molar-refractivity contribution >= 4 is 34.7 Å². The highest BCUT2D eigenvalue weighted by Crippen LogP contribution is 2.59. The highest BCUT2D eigenvalue weighted by molar-refractivity contribution is 8.09. The van der Waals surface area contributed by atoms with Crippen LogP contribution in [0, 0.1) is 29.1 Å². The van der Waals surface area contributed by atoms with Crippen LogP contribution in [0.25, 0.3) is 11.0 Å². The molecular formula is C29H32F2N4O3S. The Hall–Kier alpha value is -3.11. The largest absolute Gasteiger partial charge is 0.480 e. The molecule has 0 aromatic carbocycles. The Morgan fingerprint density at radius 3 is 2.67 bits per heavy atom. The second-order valence-corrected chi connectivity index (χ2v) is 12.5. The average molecular weight is 555 g/mol. The molecule has 2 aliphatic heterocycles. The molecule has 206 valence electrons. The lowest BCUT2D eigenvalue weighted by Crippen LogP contribution is -2.34. The van der Waals surface area contributed by atoms with Gasteiger partial charge in [-0.05, 0) is 31.7 Å². The minimum atomic E-state index is -2.52. The monoisotopic (exact) mass is 554 g/mol. The number of likely N-dealkylation sites (tertiary alicyclic amines) is 1. The standard InChI is InChI=1S/C29H32F2N4O3S/c1-34-22(10-8-6-4-2-3-5-7-9-19-14-29(30,31)15-19)23(21-13-20(16-32)17-33-25(21)34)26(36)35-12-11-28(18-35)24(39-28)27(37)38/h13,17,19,24H,2-6,8,10-12,14-15,18H2,1H3,(H,37,38)/t24-,28?/m0/s1. The second-order valence-electron chi connectivity index (χ2n) is 11.0. The van der Waals surface area contributed by atoms with Crippen LogP contribution >= 0.6 is 11.8 Å². The summed E-state index contributed by atoms with van der Waals surface area (Å²) in [6.45, 7) is 0.934. The zero-order valence-corrected chi connectivity index (χ0v) is 22.8. The predicted octanol–water partition coefficient (Wildman–Crippen LogP) is 5.16. The van der Waals surface area contributed by atoms with Crippen LogP contribution in [0.3, 0.4) is 0 Å². The number of alkyl halides is 2. The highest BCUT2D eigenvalue weighted by Gasteiger charge is 2.63. The first-order chi connectivity index (χ1) is 18.6. The predicted molar refractivity (Wildman–Crippen MR) is 145 cm³/mol. The van der Waals surface area contributed by atoms with Crippen molar-refractivity contribution in [2.75, 3.05) is 13.1 Å². The van der Waals surface area contributed by atoms with Crippen molar-refractivity contribution in [3.8, 4) is 17.9 Å². The lowest BCUT2D eigenvalue weighted by atomic mass is 9.82. The molecule has 1 amide bonds. The van der Waals surface area contributed by atoms with Gasteiger partial charge in [0.15, 0.2) is 0 Å². The minimum Gasteiger partial charge on any atom is -0.480 e. The summed E-state index contributed by atoms with van der Waals surface area (Å²) in [5.41, 5.74) is 2.51. The number of carboxylic acid groups (broad SMARTS) is 1. The Bertz CT molecular complexity index is 1400. The zero-order chi connectivity index (χ0) is 27.8. The second kappa shape index (κ2) is 10.8. The number of aryl methyl sites for hydroxylation is 1. The molecule has 2 saturated heterocycles. The summed E-state index contributed by atoms with van der Waals surface area (Å²) in [7, 11) is 1.90. The molecule has 4 heterocycles. The van der Waals surface area contributed by atoms with Gasteiger partial charge in [-0.3, -0.25) is 9.59 Å². The van der Waals surface area contributed by atoms with E-state index in [0.29, 0.717) is 48.1 Å². The Labute approximate surface area is 230 Å². The van der Waals surface area contributed by atoms with Crippen LogP contribution in [0.2, 0.25) is 0 Å². The van der Waals surface area contributed by atoms with Crippen molar-refractivity contribution in [2.45, 2.75) is 80.1 Å². The summed E-state index contributed by atoms with van der Waals surface area (Å²) in [4.78, 5) is 31.5. The summed E-state index contributed by atoms with van der Waals surface area (Å²) in [6, 6.07) is 3.84. The van der Waals surface area contributed by atoms with Crippen molar-refractivity contribution in [1.82, 2.24) is 14.5 Å². The number of hydrogen-bond acceptors (Lipinski definition) is 5. The maximum absolute atomic E-state index is 13.8. The van der Waals surface area contributed by atoms with Crippen molar-refractivity contribution in [3.05, 3.63) is 29.1 Å². The number of carbonyl (C=O) groups is 2. The van der Waals surface area contributed by atoms with Gasteiger partial charge in [-0.25, -0.2) is 13.8 Å². The smallest absolute Gasteiger partial charge is 0.318 e. The summed E-state index contributed by atoms with van der Waals surface area (Å²) in [5, 5.41) is 19.1. The molecule has 3 fully saturated rings. The minimum absolute atomic E-state index is 0.105. The van der Waals surface area contributed by atoms with E-state index in [0.717, 1.165) is 44.2 Å². The van der Waals surface area contributed by atoms with Crippen LogP contribution in [-0.4, -0.2) is 60.4 Å². The average Bonchev–Trinajstić information content (AvgIpc) is 3.32. The van der Waals surface area contributed by atoms with E-state index in [1.54, 1.807) is 11.0 Å². The van der Waals surface area contributed by atoms with E-state index >= 15 is 0 Å². The first-order valence-electron chi connectivity index (χ1n) is 13.6. The Morgan fingerprint density at radius 1 is 1.23 bits per heavy atom. The van der Waals surface area contributed by atoms with E-state index in [2.05, 4.69) is 22.9 Å². The number of nitriles is 1. The number of halogens is 2. The molecule has 1 unspecified atom stereocenters. The maximum atomic E-state index is 13.8. The van der Waals surface area contributed by atoms with E-state index in [1.807, 2.05) is 11.6 Å². The normalized spacial score (nSPS) is 23.3. The van der Waals surface area contributed by atoms with E-state index in [1.165, 1.54) is 18.0 Å². The fourth-order valence-electron chi connectivity index (χ4n) is 5.89. The summed E-state index contributed by atoms with van der Waals surface area (Å²) >= 11 is 1.43. The number of carbonyl (C=O) groups excluding carboxylic acids is 1. The molecule has 1 spiro atoms. The number of amides is 1. The quantitative estimate of drug-likeness (QED) is 0.261. The van der Waals surface area contributed by atoms with Crippen LogP contribution in [0.15, 0.2) is 12.3 Å². The third-order valence-corrected chi connectivity index (χ3v) is 9.82. The van der Waals surface area contributed by atoms with Gasteiger partial charge in [0.1, 0.15) is 17.0 Å². The van der Waals surface area contributed by atoms with Crippen molar-refractivity contribution in [3.63, 3.8) is 0 Å². The molecule has 0 radical (unpaired) electrons. The number of hydrogen-bond donors (Lipinski definition) is 1. The van der Waals surface area contributed by atoms with Gasteiger partial charge in [0, 0.05) is 62.6 Å². The Balaban J connectivity index is 1.20. The van der Waals surface area contributed by atoms with Gasteiger partial charge in [-0.1, -0.05) is 25.2 Å². The van der Waals surface area contributed by atoms with Crippen LogP contribution in [0.1, 0.15) is 79.4 Å². The number of aliphatic carboxylic acids is 1. The molecule has 10 heteroatoms. The molecule has 3 aliphatic rings. The molecule has 1 aliphatic carbocycles. The van der Waals surface area contributed by atoms with Gasteiger partial charge in [0.2, 0.25) is 0 Å². The topological polar surface area (TPSA) is 99.2 Å². The SMILES string of the molecule is Cn1c(CCCCCCCC#CC2CC(F)(F)C2)c(C(=O)N2CCC3(C2)S[C@H]3C(=O)O)c2cc(C#N)cnc21. The first-order valence-corrected chi connectivity index (χ1v) is 14.5. The van der Waals surface area contributed by atoms with E-state index < -0.39 is 17.1 Å². The molecule has 1 N–H and O–H groups in total. The highest BCUT2D eigenvalue weighted by atomic mass is 32.2. The molecule has 39 heavy (non-hydrogen) atoms. The van der Waals surface area contributed by atoms with Crippen LogP contribution < -0.4 is 0 Å². The van der Waals surface area contributed by atoms with Gasteiger partial charge >= 0.3 is 5.97 Å². The van der Waals surface area contributed by atoms with Gasteiger partial charge in [0.05, 0.1) is 15.9 Å². The molecule has 2 aromatic rings. The molecule has 7 nitrogen and oxygen atoms in total. The lowest BCUT2D eigenvalue weighted by Gasteiger charge is -2.31. The van der Waals surface area contributed by atoms with E-state index in [4.69, 9.17) is 0 Å². The van der Waals surface area contributed by atoms with Crippen molar-refractivity contribution in [2.24, 2.45) is 13.0 Å². The van der Waals surface area contributed by atoms with Crippen LogP contribution in [0.5, 0.6) is 0 Å². The van der Waals surface area contributed by atoms with E-state index in [9.17, 15) is 28.7 Å². The molecule has 5 rings (SSSR count). The van der Waals surface area contributed by atoms with Crippen molar-refractivity contribution < 1.29 is 23.5 Å². The van der Waals surface area contributed by atoms with Crippen LogP contribution in [0.4, 0.5) is 8.78 Å². The first kappa shape index (κ1) is 27.5. The molecule has 1 saturated carbocycles. The van der Waals surface area contributed by atoms with Crippen molar-refractivity contribution in [1.29, 1.82) is 5.26 Å². The number of carboxylic acids is 1. The Kier molecular flexibility index (Phi) is 7.61. The molecule has 2 aromatic heterocycles. The number of fused-ring (bicyclic) bond motifs is 1. The molecular weight excluding hydrogens is 522 g/mol. The summed E-state index contributed by atoms with van der Waals surface area (Å²) in [5.74, 6) is 2.40.